The van der Waals surface area contributed by atoms with Crippen LogP contribution in [0.2, 0.25) is 0 Å². The Balaban J connectivity index is 0.00000110. The summed E-state index contributed by atoms with van der Waals surface area (Å²) in [6.45, 7) is 8.34. The van der Waals surface area contributed by atoms with Crippen molar-refractivity contribution in [3.8, 4) is 5.75 Å². The van der Waals surface area contributed by atoms with Gasteiger partial charge in [-0.1, -0.05) is 89.3 Å². The number of hydrogen-bond donors (Lipinski definition) is 0. The lowest BCUT2D eigenvalue weighted by atomic mass is 10.1. The van der Waals surface area contributed by atoms with Gasteiger partial charge in [-0.2, -0.15) is 0 Å². The number of para-hydroxylation sites is 1. The summed E-state index contributed by atoms with van der Waals surface area (Å²) in [7, 11) is 0. The first-order chi connectivity index (χ1) is 15.3. The van der Waals surface area contributed by atoms with E-state index in [1.165, 1.54) is 44.9 Å². The van der Waals surface area contributed by atoms with Gasteiger partial charge in [0.1, 0.15) is 5.75 Å². The molecule has 0 N–H and O–H groups in total. The van der Waals surface area contributed by atoms with E-state index >= 15 is 0 Å². The highest BCUT2D eigenvalue weighted by Gasteiger charge is 1.98. The van der Waals surface area contributed by atoms with Crippen LogP contribution < -0.4 is 4.74 Å². The van der Waals surface area contributed by atoms with Crippen LogP contribution in [-0.2, 0) is 4.74 Å². The lowest BCUT2D eigenvalue weighted by molar-refractivity contribution is 0.112. The number of hydrogen-bond acceptors (Lipinski definition) is 3. The maximum Gasteiger partial charge on any atom is 0.153 e. The van der Waals surface area contributed by atoms with Crippen LogP contribution in [-0.4, -0.2) is 19.5 Å². The zero-order chi connectivity index (χ0) is 22.8. The lowest BCUT2D eigenvalue weighted by Crippen LogP contribution is -1.92. The maximum absolute atomic E-state index is 10.8. The molecule has 3 heteroatoms. The predicted molar refractivity (Wildman–Crippen MR) is 134 cm³/mol. The number of aldehydes is 1. The number of benzene rings is 1. The Labute approximate surface area is 191 Å². The van der Waals surface area contributed by atoms with E-state index in [1.54, 1.807) is 18.4 Å². The molecule has 0 aliphatic rings. The normalized spacial score (nSPS) is 11.2. The van der Waals surface area contributed by atoms with Gasteiger partial charge in [0.05, 0.1) is 11.8 Å². The summed E-state index contributed by atoms with van der Waals surface area (Å²) in [5, 5.41) is 0. The highest BCUT2D eigenvalue weighted by Crippen LogP contribution is 2.15. The fourth-order valence-corrected chi connectivity index (χ4v) is 2.73. The first-order valence-corrected chi connectivity index (χ1v) is 12.0. The molecule has 0 aliphatic heterocycles. The van der Waals surface area contributed by atoms with Gasteiger partial charge in [-0.3, -0.25) is 4.79 Å². The smallest absolute Gasteiger partial charge is 0.153 e. The number of ether oxygens (including phenoxy) is 2. The fraction of sp³-hybridized carbons (Fsp3) is 0.536. The SMILES string of the molecule is CCCCCCCCC=CCC=CC=COc1ccccc1C=O.CCCOCCC. The van der Waals surface area contributed by atoms with Gasteiger partial charge in [-0.25, -0.2) is 0 Å². The molecule has 0 bridgehead atoms. The summed E-state index contributed by atoms with van der Waals surface area (Å²) in [5.41, 5.74) is 0.559. The third-order valence-electron chi connectivity index (χ3n) is 4.43. The minimum atomic E-state index is 0.559. The molecule has 174 valence electrons. The van der Waals surface area contributed by atoms with Crippen LogP contribution in [0.15, 0.2) is 60.9 Å². The summed E-state index contributed by atoms with van der Waals surface area (Å²) in [6.07, 6.45) is 25.2. The second-order valence-electron chi connectivity index (χ2n) is 7.41. The molecule has 1 rings (SSSR count). The van der Waals surface area contributed by atoms with E-state index < -0.39 is 0 Å². The van der Waals surface area contributed by atoms with Crippen molar-refractivity contribution in [2.45, 2.75) is 85.0 Å². The molecule has 3 nitrogen and oxygen atoms in total. The summed E-state index contributed by atoms with van der Waals surface area (Å²) in [5.74, 6) is 0.580. The minimum absolute atomic E-state index is 0.559. The van der Waals surface area contributed by atoms with E-state index in [1.807, 2.05) is 24.3 Å². The molecule has 1 aromatic carbocycles. The quantitative estimate of drug-likeness (QED) is 0.0820. The molecular formula is C28H44O3. The van der Waals surface area contributed by atoms with E-state index in [4.69, 9.17) is 9.47 Å². The van der Waals surface area contributed by atoms with Gasteiger partial charge >= 0.3 is 0 Å². The average Bonchev–Trinajstić information content (AvgIpc) is 2.80. The molecule has 0 saturated carbocycles. The standard InChI is InChI=1S/C22H30O2.C6H14O/c1-2-3-4-5-6-7-8-9-10-11-12-13-16-19-24-22-18-15-14-17-21(22)20-23;1-3-5-7-6-4-2/h9-10,12-20H,2-8,11H2,1H3;3-6H2,1-2H3. The second-order valence-corrected chi connectivity index (χ2v) is 7.41. The summed E-state index contributed by atoms with van der Waals surface area (Å²) in [6, 6.07) is 7.18. The van der Waals surface area contributed by atoms with Crippen LogP contribution in [0.25, 0.3) is 0 Å². The van der Waals surface area contributed by atoms with Crippen molar-refractivity contribution in [3.63, 3.8) is 0 Å². The van der Waals surface area contributed by atoms with Crippen LogP contribution in [0, 0.1) is 0 Å². The average molecular weight is 429 g/mol. The number of carbonyl (C=O) groups excluding carboxylic acids is 1. The lowest BCUT2D eigenvalue weighted by Gasteiger charge is -2.01. The third kappa shape index (κ3) is 19.6. The molecule has 0 aromatic heterocycles. The zero-order valence-electron chi connectivity index (χ0n) is 20.1. The van der Waals surface area contributed by atoms with Crippen LogP contribution >= 0.6 is 0 Å². The Hall–Kier alpha value is -2.13. The molecule has 0 atom stereocenters. The molecule has 0 heterocycles. The molecular weight excluding hydrogens is 384 g/mol. The van der Waals surface area contributed by atoms with E-state index in [0.717, 1.165) is 38.8 Å². The maximum atomic E-state index is 10.8. The Bertz CT molecular complexity index is 598. The van der Waals surface area contributed by atoms with Crippen molar-refractivity contribution < 1.29 is 14.3 Å². The van der Waals surface area contributed by atoms with Gasteiger partial charge < -0.3 is 9.47 Å². The topological polar surface area (TPSA) is 35.5 Å². The van der Waals surface area contributed by atoms with E-state index in [-0.39, 0.29) is 0 Å². The van der Waals surface area contributed by atoms with Crippen molar-refractivity contribution in [2.75, 3.05) is 13.2 Å². The third-order valence-corrected chi connectivity index (χ3v) is 4.43. The largest absolute Gasteiger partial charge is 0.464 e. The highest BCUT2D eigenvalue weighted by molar-refractivity contribution is 5.79. The summed E-state index contributed by atoms with van der Waals surface area (Å²) >= 11 is 0. The highest BCUT2D eigenvalue weighted by atomic mass is 16.5. The first-order valence-electron chi connectivity index (χ1n) is 12.0. The van der Waals surface area contributed by atoms with Crippen LogP contribution in [0.1, 0.15) is 95.3 Å². The number of carbonyl (C=O) groups is 1. The van der Waals surface area contributed by atoms with Gasteiger partial charge in [0.2, 0.25) is 0 Å². The van der Waals surface area contributed by atoms with Crippen LogP contribution in [0.3, 0.4) is 0 Å². The van der Waals surface area contributed by atoms with Crippen molar-refractivity contribution in [3.05, 3.63) is 66.5 Å². The van der Waals surface area contributed by atoms with Crippen molar-refractivity contribution in [1.29, 1.82) is 0 Å². The monoisotopic (exact) mass is 428 g/mol. The summed E-state index contributed by atoms with van der Waals surface area (Å²) < 4.78 is 10.6. The molecule has 0 fully saturated rings. The molecule has 1 aromatic rings. The Morgan fingerprint density at radius 1 is 0.774 bits per heavy atom. The minimum Gasteiger partial charge on any atom is -0.464 e. The van der Waals surface area contributed by atoms with E-state index in [0.29, 0.717) is 11.3 Å². The van der Waals surface area contributed by atoms with Gasteiger partial charge in [-0.05, 0) is 50.3 Å². The Kier molecular flexibility index (Phi) is 22.5. The summed E-state index contributed by atoms with van der Waals surface area (Å²) in [4.78, 5) is 10.8. The molecule has 0 amide bonds. The molecule has 31 heavy (non-hydrogen) atoms. The van der Waals surface area contributed by atoms with Gasteiger partial charge in [-0.15, -0.1) is 0 Å². The van der Waals surface area contributed by atoms with Gasteiger partial charge in [0, 0.05) is 13.2 Å². The van der Waals surface area contributed by atoms with E-state index in [9.17, 15) is 4.79 Å². The zero-order valence-corrected chi connectivity index (χ0v) is 20.1. The second kappa shape index (κ2) is 24.1. The Morgan fingerprint density at radius 3 is 2.19 bits per heavy atom. The Morgan fingerprint density at radius 2 is 1.48 bits per heavy atom. The molecule has 0 saturated heterocycles. The van der Waals surface area contributed by atoms with E-state index in [2.05, 4.69) is 39.0 Å². The van der Waals surface area contributed by atoms with Gasteiger partial charge in [0.15, 0.2) is 6.29 Å². The van der Waals surface area contributed by atoms with Crippen molar-refractivity contribution in [2.24, 2.45) is 0 Å². The number of unbranched alkanes of at least 4 members (excludes halogenated alkanes) is 6. The number of rotatable bonds is 17. The van der Waals surface area contributed by atoms with Crippen molar-refractivity contribution >= 4 is 6.29 Å². The van der Waals surface area contributed by atoms with Crippen molar-refractivity contribution in [1.82, 2.24) is 0 Å². The van der Waals surface area contributed by atoms with Crippen LogP contribution in [0.5, 0.6) is 5.75 Å². The predicted octanol–water partition coefficient (Wildman–Crippen LogP) is 8.47. The number of allylic oxidation sites excluding steroid dienone is 5. The fourth-order valence-electron chi connectivity index (χ4n) is 2.73. The van der Waals surface area contributed by atoms with Gasteiger partial charge in [0.25, 0.3) is 0 Å². The molecule has 0 unspecified atom stereocenters. The van der Waals surface area contributed by atoms with Crippen LogP contribution in [0.4, 0.5) is 0 Å². The molecule has 0 spiro atoms. The molecule has 0 radical (unpaired) electrons. The first kappa shape index (κ1) is 28.9. The molecule has 0 aliphatic carbocycles.